The average Bonchev–Trinajstić information content (AvgIpc) is 3.12. The van der Waals surface area contributed by atoms with Crippen molar-refractivity contribution < 1.29 is 4.79 Å². The van der Waals surface area contributed by atoms with Gasteiger partial charge < -0.3 is 9.80 Å². The van der Waals surface area contributed by atoms with Crippen molar-refractivity contribution >= 4 is 11.6 Å². The minimum absolute atomic E-state index is 0.183. The monoisotopic (exact) mass is 356 g/mol. The van der Waals surface area contributed by atoms with Crippen molar-refractivity contribution in [3.63, 3.8) is 0 Å². The molecule has 0 saturated carbocycles. The number of piperidine rings is 2. The molecular formula is C21H32N4O. The minimum atomic E-state index is 0.183. The van der Waals surface area contributed by atoms with E-state index < -0.39 is 0 Å². The molecule has 3 aliphatic rings. The second-order valence-corrected chi connectivity index (χ2v) is 8.46. The highest BCUT2D eigenvalue weighted by Crippen LogP contribution is 2.29. The maximum atomic E-state index is 13.0. The molecule has 5 nitrogen and oxygen atoms in total. The highest BCUT2D eigenvalue weighted by molar-refractivity contribution is 5.94. The Morgan fingerprint density at radius 1 is 1.04 bits per heavy atom. The van der Waals surface area contributed by atoms with Crippen molar-refractivity contribution in [2.24, 2.45) is 11.8 Å². The number of hydrogen-bond acceptors (Lipinski definition) is 4. The number of nitrogens with one attached hydrogen (secondary N) is 2. The summed E-state index contributed by atoms with van der Waals surface area (Å²) in [5.41, 5.74) is 8.96. The number of hydrazine groups is 1. The van der Waals surface area contributed by atoms with Gasteiger partial charge in [0, 0.05) is 55.4 Å². The molecule has 3 saturated heterocycles. The van der Waals surface area contributed by atoms with Crippen LogP contribution in [0.4, 0.5) is 5.69 Å². The molecule has 0 bridgehead atoms. The number of likely N-dealkylation sites (tertiary alicyclic amines) is 1. The van der Waals surface area contributed by atoms with Gasteiger partial charge in [-0.05, 0) is 55.9 Å². The summed E-state index contributed by atoms with van der Waals surface area (Å²) in [6.07, 6.45) is 4.91. The van der Waals surface area contributed by atoms with E-state index in [0.717, 1.165) is 38.2 Å². The Balaban J connectivity index is 1.42. The summed E-state index contributed by atoms with van der Waals surface area (Å²) in [5.74, 6) is 1.25. The highest BCUT2D eigenvalue weighted by Gasteiger charge is 2.42. The van der Waals surface area contributed by atoms with Crippen LogP contribution >= 0.6 is 0 Å². The summed E-state index contributed by atoms with van der Waals surface area (Å²) in [6, 6.07) is 9.22. The minimum Gasteiger partial charge on any atom is -0.372 e. The highest BCUT2D eigenvalue weighted by atomic mass is 16.2. The van der Waals surface area contributed by atoms with Crippen LogP contribution in [0.25, 0.3) is 0 Å². The molecule has 26 heavy (non-hydrogen) atoms. The molecule has 0 spiro atoms. The Hall–Kier alpha value is -1.59. The summed E-state index contributed by atoms with van der Waals surface area (Å²) >= 11 is 0. The van der Waals surface area contributed by atoms with Crippen LogP contribution < -0.4 is 15.8 Å². The molecule has 1 aromatic carbocycles. The second kappa shape index (κ2) is 7.57. The van der Waals surface area contributed by atoms with Crippen LogP contribution in [0.5, 0.6) is 0 Å². The van der Waals surface area contributed by atoms with Gasteiger partial charge in [0.15, 0.2) is 0 Å². The molecule has 2 N–H and O–H groups in total. The smallest absolute Gasteiger partial charge is 0.253 e. The summed E-state index contributed by atoms with van der Waals surface area (Å²) in [6.45, 7) is 8.47. The van der Waals surface area contributed by atoms with Gasteiger partial charge in [-0.25, -0.2) is 0 Å². The van der Waals surface area contributed by atoms with Crippen LogP contribution in [-0.4, -0.2) is 49.1 Å². The normalized spacial score (nSPS) is 29.1. The van der Waals surface area contributed by atoms with Gasteiger partial charge >= 0.3 is 0 Å². The fraction of sp³-hybridized carbons (Fsp3) is 0.667. The molecule has 1 aromatic rings. The Morgan fingerprint density at radius 3 is 2.46 bits per heavy atom. The summed E-state index contributed by atoms with van der Waals surface area (Å²) in [5, 5.41) is 0. The van der Waals surface area contributed by atoms with Crippen molar-refractivity contribution in [2.75, 3.05) is 31.1 Å². The molecule has 0 aromatic heterocycles. The third kappa shape index (κ3) is 3.47. The quantitative estimate of drug-likeness (QED) is 0.874. The first kappa shape index (κ1) is 17.8. The fourth-order valence-electron chi connectivity index (χ4n) is 4.83. The number of nitrogens with zero attached hydrogens (tertiary/aromatic N) is 2. The maximum absolute atomic E-state index is 13.0. The zero-order chi connectivity index (χ0) is 18.1. The van der Waals surface area contributed by atoms with Crippen molar-refractivity contribution in [1.82, 2.24) is 15.8 Å². The lowest BCUT2D eigenvalue weighted by molar-refractivity contribution is 0.0643. The average molecular weight is 357 g/mol. The lowest BCUT2D eigenvalue weighted by atomic mass is 9.83. The predicted molar refractivity (Wildman–Crippen MR) is 105 cm³/mol. The van der Waals surface area contributed by atoms with E-state index in [2.05, 4.69) is 46.6 Å². The Bertz CT molecular complexity index is 623. The van der Waals surface area contributed by atoms with Gasteiger partial charge in [0.05, 0.1) is 0 Å². The lowest BCUT2D eigenvalue weighted by Gasteiger charge is -2.37. The molecule has 4 rings (SSSR count). The number of carbonyl (C=O) groups excluding carboxylic acids is 1. The first-order chi connectivity index (χ1) is 12.6. The van der Waals surface area contributed by atoms with Gasteiger partial charge in [-0.15, -0.1) is 0 Å². The first-order valence-corrected chi connectivity index (χ1v) is 10.3. The summed E-state index contributed by atoms with van der Waals surface area (Å²) in [7, 11) is 0. The van der Waals surface area contributed by atoms with Crippen LogP contribution in [-0.2, 0) is 0 Å². The number of amides is 1. The number of fused-ring (bicyclic) bond motifs is 1. The molecule has 3 heterocycles. The molecule has 3 aliphatic heterocycles. The van der Waals surface area contributed by atoms with Gasteiger partial charge in [0.2, 0.25) is 0 Å². The largest absolute Gasteiger partial charge is 0.372 e. The fourth-order valence-corrected chi connectivity index (χ4v) is 4.83. The van der Waals surface area contributed by atoms with Gasteiger partial charge in [-0.1, -0.05) is 13.8 Å². The number of carbonyl (C=O) groups is 1. The van der Waals surface area contributed by atoms with Crippen molar-refractivity contribution in [3.8, 4) is 0 Å². The molecule has 142 valence electrons. The number of benzene rings is 1. The van der Waals surface area contributed by atoms with E-state index in [4.69, 9.17) is 0 Å². The molecule has 0 radical (unpaired) electrons. The first-order valence-electron chi connectivity index (χ1n) is 10.3. The number of hydrogen-bond donors (Lipinski definition) is 2. The lowest BCUT2D eigenvalue weighted by Crippen LogP contribution is -2.49. The number of rotatable bonds is 3. The van der Waals surface area contributed by atoms with Crippen molar-refractivity contribution in [1.29, 1.82) is 0 Å². The van der Waals surface area contributed by atoms with E-state index in [1.807, 2.05) is 12.1 Å². The standard InChI is InChI=1S/C21H32N4O/c1-15(2)20-18-14-25(13-10-19(18)22-23-20)21(26)16-6-8-17(9-7-16)24-11-4-3-5-12-24/h6-9,15,18-20,22-23H,3-5,10-14H2,1-2H3. The topological polar surface area (TPSA) is 47.6 Å². The zero-order valence-corrected chi connectivity index (χ0v) is 16.1. The Morgan fingerprint density at radius 2 is 1.77 bits per heavy atom. The molecule has 3 fully saturated rings. The van der Waals surface area contributed by atoms with Crippen LogP contribution in [0, 0.1) is 11.8 Å². The molecule has 5 heteroatoms. The van der Waals surface area contributed by atoms with E-state index in [1.54, 1.807) is 0 Å². The maximum Gasteiger partial charge on any atom is 0.253 e. The van der Waals surface area contributed by atoms with Gasteiger partial charge in [-0.2, -0.15) is 0 Å². The van der Waals surface area contributed by atoms with Crippen LogP contribution in [0.1, 0.15) is 49.9 Å². The van der Waals surface area contributed by atoms with E-state index in [-0.39, 0.29) is 5.91 Å². The van der Waals surface area contributed by atoms with Crippen LogP contribution in [0.2, 0.25) is 0 Å². The third-order valence-corrected chi connectivity index (χ3v) is 6.40. The van der Waals surface area contributed by atoms with Crippen molar-refractivity contribution in [2.45, 2.75) is 51.6 Å². The Kier molecular flexibility index (Phi) is 5.18. The van der Waals surface area contributed by atoms with E-state index in [1.165, 1.54) is 24.9 Å². The third-order valence-electron chi connectivity index (χ3n) is 6.40. The van der Waals surface area contributed by atoms with Crippen LogP contribution in [0.15, 0.2) is 24.3 Å². The van der Waals surface area contributed by atoms with E-state index in [0.29, 0.717) is 23.9 Å². The second-order valence-electron chi connectivity index (χ2n) is 8.46. The van der Waals surface area contributed by atoms with Gasteiger partial charge in [-0.3, -0.25) is 15.6 Å². The SMILES string of the molecule is CC(C)C1NNC2CCN(C(=O)c3ccc(N4CCCCC4)cc3)CC21. The summed E-state index contributed by atoms with van der Waals surface area (Å²) in [4.78, 5) is 17.5. The van der Waals surface area contributed by atoms with Crippen LogP contribution in [0.3, 0.4) is 0 Å². The Labute approximate surface area is 157 Å². The molecule has 0 aliphatic carbocycles. The van der Waals surface area contributed by atoms with Crippen molar-refractivity contribution in [3.05, 3.63) is 29.8 Å². The van der Waals surface area contributed by atoms with Gasteiger partial charge in [0.1, 0.15) is 0 Å². The molecule has 1 amide bonds. The molecule has 3 atom stereocenters. The van der Waals surface area contributed by atoms with E-state index >= 15 is 0 Å². The number of anilines is 1. The zero-order valence-electron chi connectivity index (χ0n) is 16.1. The van der Waals surface area contributed by atoms with Gasteiger partial charge in [0.25, 0.3) is 5.91 Å². The molecule has 3 unspecified atom stereocenters. The predicted octanol–water partition coefficient (Wildman–Crippen LogP) is 2.64. The van der Waals surface area contributed by atoms with E-state index in [9.17, 15) is 4.79 Å². The summed E-state index contributed by atoms with van der Waals surface area (Å²) < 4.78 is 0. The molecular weight excluding hydrogens is 324 g/mol.